The van der Waals surface area contributed by atoms with Crippen LogP contribution in [0.3, 0.4) is 0 Å². The van der Waals surface area contributed by atoms with E-state index in [2.05, 4.69) is 19.9 Å². The number of hydrogen-bond acceptors (Lipinski definition) is 5. The number of carbonyl (C=O) groups is 1. The molecule has 3 N–H and O–H groups in total. The number of aromatic amines is 1. The van der Waals surface area contributed by atoms with Gasteiger partial charge < -0.3 is 24.4 Å². The van der Waals surface area contributed by atoms with Crippen molar-refractivity contribution in [2.75, 3.05) is 6.54 Å². The number of hydrogen-bond donors (Lipinski definition) is 3. The van der Waals surface area contributed by atoms with Crippen LogP contribution in [0.4, 0.5) is 0 Å². The number of furan rings is 1. The Balaban J connectivity index is 1.23. The third kappa shape index (κ3) is 4.05. The average molecular weight is 470 g/mol. The fourth-order valence-electron chi connectivity index (χ4n) is 5.18. The van der Waals surface area contributed by atoms with E-state index in [9.17, 15) is 9.90 Å². The smallest absolute Gasteiger partial charge is 0.269 e. The van der Waals surface area contributed by atoms with E-state index in [0.29, 0.717) is 30.3 Å². The molecule has 0 radical (unpaired) electrons. The zero-order chi connectivity index (χ0) is 23.8. The number of aromatic hydroxyl groups is 1. The van der Waals surface area contributed by atoms with Crippen LogP contribution in [0.1, 0.15) is 54.2 Å². The van der Waals surface area contributed by atoms with Crippen molar-refractivity contribution < 1.29 is 14.3 Å². The van der Waals surface area contributed by atoms with Gasteiger partial charge in [-0.2, -0.15) is 0 Å². The molecule has 1 fully saturated rings. The van der Waals surface area contributed by atoms with Gasteiger partial charge in [0.2, 0.25) is 0 Å². The number of carbonyl (C=O) groups excluding carboxylic acids is 1. The molecule has 4 aromatic heterocycles. The summed E-state index contributed by atoms with van der Waals surface area (Å²) in [4.78, 5) is 25.5. The predicted octanol–water partition coefficient (Wildman–Crippen LogP) is 5.36. The van der Waals surface area contributed by atoms with Crippen molar-refractivity contribution in [2.24, 2.45) is 0 Å². The third-order valence-corrected chi connectivity index (χ3v) is 6.94. The van der Waals surface area contributed by atoms with E-state index in [1.54, 1.807) is 30.7 Å². The number of phenols is 1. The standard InChI is InChI=1S/C27H27N5O3/c33-20-6-7-22-21(14-20)17(15-29-22)10-12-28-27(34)23-8-9-24-25(30-23)31-26(18-11-13-35-16-18)32(24)19-4-2-1-3-5-19/h6-9,11,13-16,19,29,33H,1-5,10,12H2,(H,28,34). The van der Waals surface area contributed by atoms with Crippen LogP contribution in [0, 0.1) is 0 Å². The molecule has 0 saturated heterocycles. The summed E-state index contributed by atoms with van der Waals surface area (Å²) in [5.74, 6) is 0.835. The molecular weight excluding hydrogens is 442 g/mol. The monoisotopic (exact) mass is 469 g/mol. The van der Waals surface area contributed by atoms with Gasteiger partial charge in [0, 0.05) is 29.7 Å². The molecule has 0 aliphatic heterocycles. The van der Waals surface area contributed by atoms with Crippen LogP contribution in [-0.2, 0) is 6.42 Å². The second-order valence-corrected chi connectivity index (χ2v) is 9.20. The van der Waals surface area contributed by atoms with Crippen molar-refractivity contribution in [3.8, 4) is 17.1 Å². The quantitative estimate of drug-likeness (QED) is 0.310. The molecule has 5 aromatic rings. The Hall–Kier alpha value is -4.07. The van der Waals surface area contributed by atoms with Gasteiger partial charge in [0.25, 0.3) is 5.91 Å². The number of fused-ring (bicyclic) bond motifs is 2. The number of amides is 1. The number of aromatic nitrogens is 4. The van der Waals surface area contributed by atoms with Gasteiger partial charge in [-0.3, -0.25) is 4.79 Å². The Morgan fingerprint density at radius 2 is 2.03 bits per heavy atom. The minimum absolute atomic E-state index is 0.224. The van der Waals surface area contributed by atoms with E-state index in [4.69, 9.17) is 9.40 Å². The van der Waals surface area contributed by atoms with Crippen LogP contribution in [0.15, 0.2) is 59.5 Å². The zero-order valence-electron chi connectivity index (χ0n) is 19.3. The second kappa shape index (κ2) is 8.94. The molecule has 0 unspecified atom stereocenters. The Morgan fingerprint density at radius 3 is 2.86 bits per heavy atom. The number of pyridine rings is 1. The van der Waals surface area contributed by atoms with Crippen LogP contribution in [0.2, 0.25) is 0 Å². The van der Waals surface area contributed by atoms with Gasteiger partial charge in [0.1, 0.15) is 23.5 Å². The normalized spacial score (nSPS) is 14.6. The summed E-state index contributed by atoms with van der Waals surface area (Å²) in [7, 11) is 0. The first-order valence-corrected chi connectivity index (χ1v) is 12.2. The molecule has 0 spiro atoms. The second-order valence-electron chi connectivity index (χ2n) is 9.20. The third-order valence-electron chi connectivity index (χ3n) is 6.94. The van der Waals surface area contributed by atoms with Gasteiger partial charge in [-0.15, -0.1) is 0 Å². The van der Waals surface area contributed by atoms with Crippen LogP contribution in [-0.4, -0.2) is 37.1 Å². The lowest BCUT2D eigenvalue weighted by Crippen LogP contribution is -2.26. The Bertz CT molecular complexity index is 1490. The molecule has 1 saturated carbocycles. The first-order chi connectivity index (χ1) is 17.2. The lowest BCUT2D eigenvalue weighted by Gasteiger charge is -2.25. The maximum Gasteiger partial charge on any atom is 0.269 e. The number of nitrogens with one attached hydrogen (secondary N) is 2. The zero-order valence-corrected chi connectivity index (χ0v) is 19.3. The van der Waals surface area contributed by atoms with Crippen molar-refractivity contribution in [1.82, 2.24) is 24.8 Å². The van der Waals surface area contributed by atoms with Gasteiger partial charge in [0.05, 0.1) is 17.3 Å². The lowest BCUT2D eigenvalue weighted by atomic mass is 9.95. The molecule has 1 aromatic carbocycles. The van der Waals surface area contributed by atoms with Crippen molar-refractivity contribution in [3.63, 3.8) is 0 Å². The molecule has 35 heavy (non-hydrogen) atoms. The SMILES string of the molecule is O=C(NCCc1c[nH]c2ccc(O)cc12)c1ccc2c(n1)nc(-c1ccoc1)n2C1CCCCC1. The predicted molar refractivity (Wildman–Crippen MR) is 133 cm³/mol. The van der Waals surface area contributed by atoms with E-state index in [-0.39, 0.29) is 11.7 Å². The van der Waals surface area contributed by atoms with Gasteiger partial charge in [-0.05, 0) is 61.2 Å². The summed E-state index contributed by atoms with van der Waals surface area (Å²) in [6.45, 7) is 0.456. The highest BCUT2D eigenvalue weighted by molar-refractivity contribution is 5.94. The lowest BCUT2D eigenvalue weighted by molar-refractivity contribution is 0.0949. The number of H-pyrrole nitrogens is 1. The molecule has 8 heteroatoms. The average Bonchev–Trinajstić information content (AvgIpc) is 3.62. The molecule has 178 valence electrons. The minimum atomic E-state index is -0.230. The van der Waals surface area contributed by atoms with E-state index in [1.807, 2.05) is 24.4 Å². The van der Waals surface area contributed by atoms with Gasteiger partial charge in [-0.1, -0.05) is 19.3 Å². The highest BCUT2D eigenvalue weighted by Crippen LogP contribution is 2.35. The topological polar surface area (TPSA) is 109 Å². The first kappa shape index (κ1) is 21.5. The number of imidazole rings is 1. The van der Waals surface area contributed by atoms with Gasteiger partial charge in [0.15, 0.2) is 5.65 Å². The summed E-state index contributed by atoms with van der Waals surface area (Å²) in [5, 5.41) is 13.7. The summed E-state index contributed by atoms with van der Waals surface area (Å²) >= 11 is 0. The molecule has 6 rings (SSSR count). The minimum Gasteiger partial charge on any atom is -0.508 e. The maximum absolute atomic E-state index is 12.9. The fraction of sp³-hybridized carbons (Fsp3) is 0.296. The van der Waals surface area contributed by atoms with E-state index in [0.717, 1.165) is 46.2 Å². The molecule has 1 aliphatic carbocycles. The van der Waals surface area contributed by atoms with E-state index < -0.39 is 0 Å². The molecular formula is C27H27N5O3. The van der Waals surface area contributed by atoms with Crippen LogP contribution in [0.5, 0.6) is 5.75 Å². The van der Waals surface area contributed by atoms with Crippen LogP contribution < -0.4 is 5.32 Å². The molecule has 4 heterocycles. The Labute approximate surface area is 202 Å². The van der Waals surface area contributed by atoms with Crippen molar-refractivity contribution in [3.05, 3.63) is 66.4 Å². The van der Waals surface area contributed by atoms with Crippen LogP contribution in [0.25, 0.3) is 33.5 Å². The van der Waals surface area contributed by atoms with Crippen molar-refractivity contribution >= 4 is 28.0 Å². The Morgan fingerprint density at radius 1 is 1.14 bits per heavy atom. The fourth-order valence-corrected chi connectivity index (χ4v) is 5.18. The Kier molecular flexibility index (Phi) is 5.48. The molecule has 1 aliphatic rings. The van der Waals surface area contributed by atoms with Crippen LogP contribution >= 0.6 is 0 Å². The molecule has 8 nitrogen and oxygen atoms in total. The van der Waals surface area contributed by atoms with E-state index in [1.165, 1.54) is 19.3 Å². The summed E-state index contributed by atoms with van der Waals surface area (Å²) in [5.41, 5.74) is 4.79. The first-order valence-electron chi connectivity index (χ1n) is 12.2. The molecule has 0 atom stereocenters. The van der Waals surface area contributed by atoms with Crippen molar-refractivity contribution in [2.45, 2.75) is 44.6 Å². The summed E-state index contributed by atoms with van der Waals surface area (Å²) in [6.07, 6.45) is 11.8. The van der Waals surface area contributed by atoms with Gasteiger partial charge >= 0.3 is 0 Å². The largest absolute Gasteiger partial charge is 0.508 e. The number of nitrogens with zero attached hydrogens (tertiary/aromatic N) is 3. The highest BCUT2D eigenvalue weighted by Gasteiger charge is 2.24. The molecule has 0 bridgehead atoms. The van der Waals surface area contributed by atoms with Crippen molar-refractivity contribution in [1.29, 1.82) is 0 Å². The highest BCUT2D eigenvalue weighted by atomic mass is 16.3. The number of benzene rings is 1. The summed E-state index contributed by atoms with van der Waals surface area (Å²) < 4.78 is 7.60. The van der Waals surface area contributed by atoms with Gasteiger partial charge in [-0.25, -0.2) is 9.97 Å². The maximum atomic E-state index is 12.9. The van der Waals surface area contributed by atoms with E-state index >= 15 is 0 Å². The number of phenolic OH excluding ortho intramolecular Hbond substituents is 1. The summed E-state index contributed by atoms with van der Waals surface area (Å²) in [6, 6.07) is 11.3. The number of rotatable bonds is 6. The molecule has 1 amide bonds.